The predicted octanol–water partition coefficient (Wildman–Crippen LogP) is 5.95. The zero-order chi connectivity index (χ0) is 23.2. The van der Waals surface area contributed by atoms with Gasteiger partial charge in [-0.1, -0.05) is 26.2 Å². The first kappa shape index (κ1) is 26.1. The Hall–Kier alpha value is -2.16. The molecule has 0 aliphatic carbocycles. The molecule has 0 unspecified atom stereocenters. The van der Waals surface area contributed by atoms with Crippen LogP contribution in [0.3, 0.4) is 0 Å². The maximum absolute atomic E-state index is 12.5. The Kier molecular flexibility index (Phi) is 12.1. The number of anilines is 1. The smallest absolute Gasteiger partial charge is 0.257 e. The van der Waals surface area contributed by atoms with Crippen LogP contribution in [-0.2, 0) is 4.74 Å². The lowest BCUT2D eigenvalue weighted by Crippen LogP contribution is -2.34. The van der Waals surface area contributed by atoms with E-state index in [1.807, 2.05) is 31.2 Å². The fourth-order valence-corrected chi connectivity index (χ4v) is 3.51. The molecule has 2 aromatic rings. The Labute approximate surface area is 204 Å². The molecule has 0 aromatic heterocycles. The second kappa shape index (κ2) is 14.8. The van der Waals surface area contributed by atoms with E-state index < -0.39 is 0 Å². The minimum atomic E-state index is -0.298. The van der Waals surface area contributed by atoms with Crippen LogP contribution in [0.5, 0.6) is 11.5 Å². The second-order valence-electron chi connectivity index (χ2n) is 7.03. The van der Waals surface area contributed by atoms with Crippen molar-refractivity contribution in [2.45, 2.75) is 39.5 Å². The van der Waals surface area contributed by atoms with E-state index >= 15 is 0 Å². The highest BCUT2D eigenvalue weighted by Gasteiger charge is 2.11. The van der Waals surface area contributed by atoms with E-state index in [0.29, 0.717) is 32.0 Å². The van der Waals surface area contributed by atoms with E-state index in [2.05, 4.69) is 33.5 Å². The van der Waals surface area contributed by atoms with Gasteiger partial charge in [-0.3, -0.25) is 10.1 Å². The van der Waals surface area contributed by atoms with Gasteiger partial charge < -0.3 is 19.5 Å². The number of ether oxygens (including phenoxy) is 3. The van der Waals surface area contributed by atoms with Crippen molar-refractivity contribution < 1.29 is 19.0 Å². The lowest BCUT2D eigenvalue weighted by Gasteiger charge is -2.12. The van der Waals surface area contributed by atoms with Crippen LogP contribution in [0.25, 0.3) is 0 Å². The van der Waals surface area contributed by atoms with Crippen molar-refractivity contribution >= 4 is 44.9 Å². The van der Waals surface area contributed by atoms with Crippen LogP contribution < -0.4 is 20.1 Å². The Balaban J connectivity index is 1.80. The van der Waals surface area contributed by atoms with Crippen LogP contribution in [0, 0.1) is 0 Å². The average Bonchev–Trinajstić information content (AvgIpc) is 2.78. The first-order valence-corrected chi connectivity index (χ1v) is 12.1. The third-order valence-corrected chi connectivity index (χ3v) is 5.31. The number of halogens is 1. The van der Waals surface area contributed by atoms with E-state index in [9.17, 15) is 4.79 Å². The quantitative estimate of drug-likeness (QED) is 0.250. The van der Waals surface area contributed by atoms with Crippen molar-refractivity contribution in [1.82, 2.24) is 5.32 Å². The molecule has 0 saturated heterocycles. The molecule has 0 aliphatic heterocycles. The number of rotatable bonds is 13. The van der Waals surface area contributed by atoms with Crippen LogP contribution >= 0.6 is 28.1 Å². The van der Waals surface area contributed by atoms with Gasteiger partial charge in [-0.25, -0.2) is 0 Å². The Bertz CT molecular complexity index is 862. The predicted molar refractivity (Wildman–Crippen MR) is 136 cm³/mol. The summed E-state index contributed by atoms with van der Waals surface area (Å²) in [6.45, 7) is 6.50. The number of hydrogen-bond donors (Lipinski definition) is 2. The maximum atomic E-state index is 12.5. The van der Waals surface area contributed by atoms with Crippen molar-refractivity contribution in [2.24, 2.45) is 0 Å². The lowest BCUT2D eigenvalue weighted by molar-refractivity contribution is 0.0977. The Morgan fingerprint density at radius 2 is 1.75 bits per heavy atom. The number of nitrogens with one attached hydrogen (secondary N) is 2. The minimum absolute atomic E-state index is 0.215. The summed E-state index contributed by atoms with van der Waals surface area (Å²) in [5.74, 6) is 1.17. The van der Waals surface area contributed by atoms with Gasteiger partial charge in [0, 0.05) is 17.9 Å². The van der Waals surface area contributed by atoms with Crippen molar-refractivity contribution in [3.05, 3.63) is 52.5 Å². The van der Waals surface area contributed by atoms with E-state index in [0.717, 1.165) is 34.5 Å². The SMILES string of the molecule is CCCCCCOc1ccc(C(=O)NC(=S)Nc2ccc(OCCOCC)cc2)cc1Br. The van der Waals surface area contributed by atoms with Gasteiger partial charge in [-0.05, 0) is 84.0 Å². The van der Waals surface area contributed by atoms with Crippen LogP contribution in [-0.4, -0.2) is 37.4 Å². The van der Waals surface area contributed by atoms with Crippen LogP contribution in [0.15, 0.2) is 46.9 Å². The number of thiocarbonyl (C=S) groups is 1. The first-order valence-electron chi connectivity index (χ1n) is 10.9. The lowest BCUT2D eigenvalue weighted by atomic mass is 10.2. The molecule has 0 bridgehead atoms. The number of carbonyl (C=O) groups excluding carboxylic acids is 1. The number of hydrogen-bond acceptors (Lipinski definition) is 5. The summed E-state index contributed by atoms with van der Waals surface area (Å²) in [6.07, 6.45) is 4.58. The first-order chi connectivity index (χ1) is 15.5. The highest BCUT2D eigenvalue weighted by atomic mass is 79.9. The van der Waals surface area contributed by atoms with Gasteiger partial charge in [0.05, 0.1) is 17.7 Å². The molecule has 1 amide bonds. The van der Waals surface area contributed by atoms with Gasteiger partial charge in [0.2, 0.25) is 0 Å². The van der Waals surface area contributed by atoms with Crippen molar-refractivity contribution in [3.63, 3.8) is 0 Å². The molecular formula is C24H31BrN2O4S. The molecule has 2 aromatic carbocycles. The summed E-state index contributed by atoms with van der Waals surface area (Å²) in [7, 11) is 0. The van der Waals surface area contributed by atoms with Crippen LogP contribution in [0.2, 0.25) is 0 Å². The van der Waals surface area contributed by atoms with Gasteiger partial charge in [-0.2, -0.15) is 0 Å². The fraction of sp³-hybridized carbons (Fsp3) is 0.417. The molecule has 0 heterocycles. The zero-order valence-electron chi connectivity index (χ0n) is 18.6. The van der Waals surface area contributed by atoms with Gasteiger partial charge in [0.25, 0.3) is 5.91 Å². The zero-order valence-corrected chi connectivity index (χ0v) is 21.0. The van der Waals surface area contributed by atoms with E-state index in [1.165, 1.54) is 12.8 Å². The normalized spacial score (nSPS) is 10.5. The molecule has 0 spiro atoms. The van der Waals surface area contributed by atoms with Gasteiger partial charge in [0.15, 0.2) is 5.11 Å². The van der Waals surface area contributed by atoms with Crippen molar-refractivity contribution in [3.8, 4) is 11.5 Å². The summed E-state index contributed by atoms with van der Waals surface area (Å²) >= 11 is 8.75. The topological polar surface area (TPSA) is 68.8 Å². The number of benzene rings is 2. The summed E-state index contributed by atoms with van der Waals surface area (Å²) in [6, 6.07) is 12.6. The van der Waals surface area contributed by atoms with Gasteiger partial charge in [-0.15, -0.1) is 0 Å². The minimum Gasteiger partial charge on any atom is -0.492 e. The van der Waals surface area contributed by atoms with Gasteiger partial charge >= 0.3 is 0 Å². The van der Waals surface area contributed by atoms with E-state index in [1.54, 1.807) is 18.2 Å². The molecule has 0 radical (unpaired) electrons. The summed E-state index contributed by atoms with van der Waals surface area (Å²) in [5, 5.41) is 5.91. The second-order valence-corrected chi connectivity index (χ2v) is 8.29. The number of carbonyl (C=O) groups is 1. The van der Waals surface area contributed by atoms with E-state index in [-0.39, 0.29) is 11.0 Å². The third-order valence-electron chi connectivity index (χ3n) is 4.49. The molecule has 2 rings (SSSR count). The van der Waals surface area contributed by atoms with Crippen LogP contribution in [0.4, 0.5) is 5.69 Å². The number of unbranched alkanes of at least 4 members (excludes halogenated alkanes) is 3. The largest absolute Gasteiger partial charge is 0.492 e. The summed E-state index contributed by atoms with van der Waals surface area (Å²) < 4.78 is 17.4. The molecule has 8 heteroatoms. The number of amides is 1. The third kappa shape index (κ3) is 9.54. The molecule has 32 heavy (non-hydrogen) atoms. The van der Waals surface area contributed by atoms with Gasteiger partial charge in [0.1, 0.15) is 18.1 Å². The molecular weight excluding hydrogens is 492 g/mol. The standard InChI is InChI=1S/C24H31BrN2O4S/c1-3-5-6-7-14-31-22-13-8-18(17-21(22)25)23(28)27-24(32)26-19-9-11-20(12-10-19)30-16-15-29-4-2/h8-13,17H,3-7,14-16H2,1-2H3,(H2,26,27,28,32). The van der Waals surface area contributed by atoms with Crippen LogP contribution in [0.1, 0.15) is 49.9 Å². The van der Waals surface area contributed by atoms with Crippen molar-refractivity contribution in [1.29, 1.82) is 0 Å². The fourth-order valence-electron chi connectivity index (χ4n) is 2.81. The highest BCUT2D eigenvalue weighted by Crippen LogP contribution is 2.26. The maximum Gasteiger partial charge on any atom is 0.257 e. The molecule has 0 fully saturated rings. The average molecular weight is 523 g/mol. The Morgan fingerprint density at radius 3 is 2.44 bits per heavy atom. The molecule has 0 atom stereocenters. The summed E-state index contributed by atoms with van der Waals surface area (Å²) in [4.78, 5) is 12.5. The monoisotopic (exact) mass is 522 g/mol. The van der Waals surface area contributed by atoms with E-state index in [4.69, 9.17) is 26.4 Å². The molecule has 2 N–H and O–H groups in total. The molecule has 0 saturated carbocycles. The molecule has 174 valence electrons. The molecule has 6 nitrogen and oxygen atoms in total. The Morgan fingerprint density at radius 1 is 0.969 bits per heavy atom. The highest BCUT2D eigenvalue weighted by molar-refractivity contribution is 9.10. The summed E-state index contributed by atoms with van der Waals surface area (Å²) in [5.41, 5.74) is 1.23. The van der Waals surface area contributed by atoms with Crippen molar-refractivity contribution in [2.75, 3.05) is 31.7 Å². The molecule has 0 aliphatic rings.